The maximum absolute atomic E-state index is 12.0. The van der Waals surface area contributed by atoms with E-state index in [1.54, 1.807) is 4.57 Å². The van der Waals surface area contributed by atoms with Crippen molar-refractivity contribution in [2.75, 3.05) is 17.3 Å². The van der Waals surface area contributed by atoms with E-state index in [0.717, 1.165) is 5.56 Å². The fourth-order valence-corrected chi connectivity index (χ4v) is 5.38. The first-order valence-electron chi connectivity index (χ1n) is 8.39. The van der Waals surface area contributed by atoms with Gasteiger partial charge in [-0.1, -0.05) is 41.6 Å². The van der Waals surface area contributed by atoms with Crippen molar-refractivity contribution < 1.29 is 13.2 Å². The van der Waals surface area contributed by atoms with Gasteiger partial charge in [0.15, 0.2) is 15.0 Å². The third kappa shape index (κ3) is 4.64. The second kappa shape index (κ2) is 7.79. The molecule has 9 heteroatoms. The molecule has 26 heavy (non-hydrogen) atoms. The second-order valence-electron chi connectivity index (χ2n) is 6.55. The number of benzene rings is 1. The van der Waals surface area contributed by atoms with Crippen LogP contribution >= 0.6 is 11.8 Å². The molecule has 0 spiro atoms. The van der Waals surface area contributed by atoms with Crippen LogP contribution in [0.1, 0.15) is 29.3 Å². The molecule has 1 N–H and O–H groups in total. The number of aromatic nitrogens is 3. The number of hydrogen-bond acceptors (Lipinski definition) is 6. The van der Waals surface area contributed by atoms with Crippen molar-refractivity contribution >= 4 is 27.5 Å². The molecular weight excluding hydrogens is 372 g/mol. The summed E-state index contributed by atoms with van der Waals surface area (Å²) in [6.45, 7) is 2.51. The summed E-state index contributed by atoms with van der Waals surface area (Å²) in [5, 5.41) is 11.8. The molecule has 1 aromatic carbocycles. The smallest absolute Gasteiger partial charge is 0.230 e. The molecule has 1 fully saturated rings. The maximum Gasteiger partial charge on any atom is 0.230 e. The van der Waals surface area contributed by atoms with E-state index in [4.69, 9.17) is 0 Å². The van der Waals surface area contributed by atoms with Gasteiger partial charge in [-0.2, -0.15) is 0 Å². The molecule has 1 amide bonds. The molecule has 2 aromatic rings. The zero-order valence-electron chi connectivity index (χ0n) is 14.8. The van der Waals surface area contributed by atoms with Gasteiger partial charge in [0.2, 0.25) is 5.91 Å². The number of carbonyl (C=O) groups excluding carboxylic acids is 1. The Hall–Kier alpha value is -1.87. The van der Waals surface area contributed by atoms with Gasteiger partial charge in [-0.05, 0) is 18.9 Å². The summed E-state index contributed by atoms with van der Waals surface area (Å²) in [6, 6.07) is 8.02. The first kappa shape index (κ1) is 18.9. The lowest BCUT2D eigenvalue weighted by molar-refractivity contribution is -0.118. The average molecular weight is 395 g/mol. The summed E-state index contributed by atoms with van der Waals surface area (Å²) in [7, 11) is -1.15. The van der Waals surface area contributed by atoms with Crippen LogP contribution in [0.2, 0.25) is 0 Å². The Morgan fingerprint density at radius 2 is 2.04 bits per heavy atom. The molecule has 1 unspecified atom stereocenters. The largest absolute Gasteiger partial charge is 0.351 e. The van der Waals surface area contributed by atoms with Gasteiger partial charge in [-0.3, -0.25) is 4.79 Å². The summed E-state index contributed by atoms with van der Waals surface area (Å²) < 4.78 is 25.1. The van der Waals surface area contributed by atoms with E-state index in [2.05, 4.69) is 15.5 Å². The van der Waals surface area contributed by atoms with Crippen molar-refractivity contribution in [3.05, 3.63) is 41.2 Å². The maximum atomic E-state index is 12.0. The number of rotatable bonds is 6. The Balaban J connectivity index is 1.52. The molecule has 7 nitrogen and oxygen atoms in total. The summed E-state index contributed by atoms with van der Waals surface area (Å²) in [5.74, 6) is 1.05. The van der Waals surface area contributed by atoms with Crippen LogP contribution in [0, 0.1) is 6.92 Å². The number of thioether (sulfide) groups is 1. The van der Waals surface area contributed by atoms with E-state index in [-0.39, 0.29) is 29.1 Å². The number of sulfone groups is 1. The molecule has 1 saturated heterocycles. The molecule has 0 saturated carbocycles. The molecule has 0 aliphatic carbocycles. The third-order valence-corrected chi connectivity index (χ3v) is 7.20. The predicted octanol–water partition coefficient (Wildman–Crippen LogP) is 1.43. The summed E-state index contributed by atoms with van der Waals surface area (Å²) in [6.07, 6.45) is 0.579. The minimum absolute atomic E-state index is 0.0800. The molecule has 1 atom stereocenters. The molecule has 140 valence electrons. The van der Waals surface area contributed by atoms with Crippen LogP contribution < -0.4 is 5.32 Å². The van der Waals surface area contributed by atoms with E-state index in [9.17, 15) is 13.2 Å². The normalized spacial score (nSPS) is 18.8. The summed E-state index contributed by atoms with van der Waals surface area (Å²) >= 11 is 1.30. The van der Waals surface area contributed by atoms with Crippen LogP contribution in [-0.2, 0) is 28.2 Å². The molecule has 3 rings (SSSR count). The predicted molar refractivity (Wildman–Crippen MR) is 101 cm³/mol. The molecule has 1 aliphatic rings. The van der Waals surface area contributed by atoms with Gasteiger partial charge in [0.25, 0.3) is 0 Å². The highest BCUT2D eigenvalue weighted by Gasteiger charge is 2.32. The van der Waals surface area contributed by atoms with E-state index in [1.807, 2.05) is 38.2 Å². The Morgan fingerprint density at radius 1 is 1.31 bits per heavy atom. The number of amides is 1. The molecule has 1 aromatic heterocycles. The fraction of sp³-hybridized carbons (Fsp3) is 0.471. The van der Waals surface area contributed by atoms with Crippen LogP contribution in [-0.4, -0.2) is 46.3 Å². The number of nitrogens with zero attached hydrogens (tertiary/aromatic N) is 3. The van der Waals surface area contributed by atoms with Crippen molar-refractivity contribution in [3.63, 3.8) is 0 Å². The molecule has 1 aliphatic heterocycles. The highest BCUT2D eigenvalue weighted by atomic mass is 32.2. The lowest BCUT2D eigenvalue weighted by Gasteiger charge is -2.08. The lowest BCUT2D eigenvalue weighted by atomic mass is 10.1. The third-order valence-electron chi connectivity index (χ3n) is 4.41. The molecule has 0 bridgehead atoms. The van der Waals surface area contributed by atoms with Gasteiger partial charge in [-0.15, -0.1) is 10.2 Å². The highest BCUT2D eigenvalue weighted by molar-refractivity contribution is 7.99. The summed E-state index contributed by atoms with van der Waals surface area (Å²) in [5.41, 5.74) is 2.24. The zero-order valence-corrected chi connectivity index (χ0v) is 16.4. The molecule has 2 heterocycles. The van der Waals surface area contributed by atoms with Gasteiger partial charge in [-0.25, -0.2) is 8.42 Å². The van der Waals surface area contributed by atoms with Gasteiger partial charge in [0.1, 0.15) is 5.82 Å². The Bertz CT molecular complexity index is 891. The quantitative estimate of drug-likeness (QED) is 0.745. The number of nitrogens with one attached hydrogen (secondary N) is 1. The number of aryl methyl sites for hydroxylation is 1. The van der Waals surface area contributed by atoms with Crippen LogP contribution in [0.25, 0.3) is 0 Å². The number of carbonyl (C=O) groups is 1. The minimum atomic E-state index is -2.97. The topological polar surface area (TPSA) is 94.0 Å². The van der Waals surface area contributed by atoms with E-state index in [0.29, 0.717) is 23.9 Å². The van der Waals surface area contributed by atoms with Gasteiger partial charge in [0, 0.05) is 19.5 Å². The first-order valence-corrected chi connectivity index (χ1v) is 11.2. The van der Waals surface area contributed by atoms with E-state index in [1.165, 1.54) is 17.3 Å². The highest BCUT2D eigenvalue weighted by Crippen LogP contribution is 2.29. The fourth-order valence-electron chi connectivity index (χ4n) is 2.89. The molecular formula is C17H22N4O3S2. The van der Waals surface area contributed by atoms with Crippen LogP contribution in [0.4, 0.5) is 0 Å². The van der Waals surface area contributed by atoms with Gasteiger partial charge in [0.05, 0.1) is 17.3 Å². The monoisotopic (exact) mass is 394 g/mol. The van der Waals surface area contributed by atoms with Gasteiger partial charge < -0.3 is 9.88 Å². The van der Waals surface area contributed by atoms with Crippen molar-refractivity contribution in [3.8, 4) is 0 Å². The van der Waals surface area contributed by atoms with E-state index >= 15 is 0 Å². The Morgan fingerprint density at radius 3 is 2.69 bits per heavy atom. The van der Waals surface area contributed by atoms with Crippen molar-refractivity contribution in [2.24, 2.45) is 7.05 Å². The standard InChI is InChI=1S/C17H22N4O3S2/c1-12-3-5-13(6-4-12)9-18-15(22)10-25-17-20-19-16(21(17)2)14-7-8-26(23,24)11-14/h3-6,14H,7-11H2,1-2H3,(H,18,22). The van der Waals surface area contributed by atoms with Crippen LogP contribution in [0.3, 0.4) is 0 Å². The van der Waals surface area contributed by atoms with Crippen molar-refractivity contribution in [1.29, 1.82) is 0 Å². The van der Waals surface area contributed by atoms with E-state index < -0.39 is 9.84 Å². The second-order valence-corrected chi connectivity index (χ2v) is 9.72. The minimum Gasteiger partial charge on any atom is -0.351 e. The van der Waals surface area contributed by atoms with Crippen LogP contribution in [0.15, 0.2) is 29.4 Å². The zero-order chi connectivity index (χ0) is 18.7. The van der Waals surface area contributed by atoms with Gasteiger partial charge >= 0.3 is 0 Å². The summed E-state index contributed by atoms with van der Waals surface area (Å²) in [4.78, 5) is 12.0. The van der Waals surface area contributed by atoms with Crippen molar-refractivity contribution in [2.45, 2.75) is 31.0 Å². The molecule has 0 radical (unpaired) electrons. The lowest BCUT2D eigenvalue weighted by Crippen LogP contribution is -2.24. The first-order chi connectivity index (χ1) is 12.3. The SMILES string of the molecule is Cc1ccc(CNC(=O)CSc2nnc(C3CCS(=O)(=O)C3)n2C)cc1. The average Bonchev–Trinajstić information content (AvgIpc) is 3.14. The number of hydrogen-bond donors (Lipinski definition) is 1. The van der Waals surface area contributed by atoms with Crippen molar-refractivity contribution in [1.82, 2.24) is 20.1 Å². The Labute approximate surface area is 157 Å². The van der Waals surface area contributed by atoms with Crippen LogP contribution in [0.5, 0.6) is 0 Å². The Kier molecular flexibility index (Phi) is 5.67.